The summed E-state index contributed by atoms with van der Waals surface area (Å²) < 4.78 is 0. The summed E-state index contributed by atoms with van der Waals surface area (Å²) in [5.74, 6) is 0.775. The quantitative estimate of drug-likeness (QED) is 0.844. The summed E-state index contributed by atoms with van der Waals surface area (Å²) in [6, 6.07) is 3.59. The lowest BCUT2D eigenvalue weighted by atomic mass is 10.2. The van der Waals surface area contributed by atoms with Gasteiger partial charge in [0, 0.05) is 31.9 Å². The van der Waals surface area contributed by atoms with Gasteiger partial charge in [-0.05, 0) is 25.5 Å². The Morgan fingerprint density at radius 1 is 1.50 bits per heavy atom. The van der Waals surface area contributed by atoms with Crippen LogP contribution in [0.15, 0.2) is 12.1 Å². The average molecular weight is 221 g/mol. The zero-order valence-corrected chi connectivity index (χ0v) is 10.4. The molecule has 16 heavy (non-hydrogen) atoms. The molecule has 4 nitrogen and oxygen atoms in total. The highest BCUT2D eigenvalue weighted by Gasteiger charge is 2.12. The van der Waals surface area contributed by atoms with Crippen LogP contribution in [0.25, 0.3) is 0 Å². The highest BCUT2D eigenvalue weighted by atomic mass is 16.2. The molecule has 0 aliphatic rings. The minimum absolute atomic E-state index is 0.0452. The minimum Gasteiger partial charge on any atom is -0.373 e. The molecule has 0 atom stereocenters. The fourth-order valence-electron chi connectivity index (χ4n) is 1.58. The zero-order chi connectivity index (χ0) is 12.1. The Kier molecular flexibility index (Phi) is 4.28. The van der Waals surface area contributed by atoms with Crippen molar-refractivity contribution in [3.8, 4) is 0 Å². The van der Waals surface area contributed by atoms with Crippen LogP contribution < -0.4 is 5.32 Å². The second-order valence-corrected chi connectivity index (χ2v) is 3.86. The number of hydrogen-bond donors (Lipinski definition) is 1. The van der Waals surface area contributed by atoms with Crippen molar-refractivity contribution in [2.45, 2.75) is 20.3 Å². The van der Waals surface area contributed by atoms with E-state index in [1.807, 2.05) is 20.0 Å². The van der Waals surface area contributed by atoms with Crippen LogP contribution in [0.4, 0.5) is 5.82 Å². The van der Waals surface area contributed by atoms with Crippen LogP contribution in [-0.2, 0) is 0 Å². The number of nitrogens with one attached hydrogen (secondary N) is 1. The predicted octanol–water partition coefficient (Wildman–Crippen LogP) is 1.91. The van der Waals surface area contributed by atoms with Gasteiger partial charge in [0.2, 0.25) is 0 Å². The third-order valence-electron chi connectivity index (χ3n) is 2.36. The Labute approximate surface area is 96.7 Å². The van der Waals surface area contributed by atoms with Gasteiger partial charge in [0.25, 0.3) is 5.91 Å². The number of amides is 1. The molecular formula is C12H19N3O. The van der Waals surface area contributed by atoms with Crippen molar-refractivity contribution in [1.29, 1.82) is 0 Å². The van der Waals surface area contributed by atoms with Crippen molar-refractivity contribution >= 4 is 11.7 Å². The lowest BCUT2D eigenvalue weighted by Gasteiger charge is -2.16. The molecule has 0 aromatic carbocycles. The molecule has 0 aliphatic carbocycles. The number of rotatable bonds is 4. The summed E-state index contributed by atoms with van der Waals surface area (Å²) >= 11 is 0. The number of hydrogen-bond acceptors (Lipinski definition) is 3. The predicted molar refractivity (Wildman–Crippen MR) is 65.8 cm³/mol. The van der Waals surface area contributed by atoms with Crippen molar-refractivity contribution in [1.82, 2.24) is 9.88 Å². The van der Waals surface area contributed by atoms with E-state index in [0.29, 0.717) is 5.56 Å². The Balaban J connectivity index is 2.94. The molecule has 1 aromatic rings. The molecule has 1 aromatic heterocycles. The molecule has 0 bridgehead atoms. The molecule has 1 N–H and O–H groups in total. The summed E-state index contributed by atoms with van der Waals surface area (Å²) in [5, 5.41) is 2.95. The van der Waals surface area contributed by atoms with Crippen molar-refractivity contribution in [3.05, 3.63) is 23.4 Å². The van der Waals surface area contributed by atoms with E-state index < -0.39 is 0 Å². The number of carbonyl (C=O) groups excluding carboxylic acids is 1. The SMILES string of the molecule is CCCN(C)C(=O)c1cc(C)nc(NC)c1. The fraction of sp³-hybridized carbons (Fsp3) is 0.500. The largest absolute Gasteiger partial charge is 0.373 e. The first-order valence-electron chi connectivity index (χ1n) is 5.50. The maximum atomic E-state index is 12.0. The second kappa shape index (κ2) is 5.49. The topological polar surface area (TPSA) is 45.2 Å². The number of aromatic nitrogens is 1. The molecule has 1 rings (SSSR count). The number of carbonyl (C=O) groups is 1. The van der Waals surface area contributed by atoms with Crippen LogP contribution in [0, 0.1) is 6.92 Å². The van der Waals surface area contributed by atoms with Crippen molar-refractivity contribution < 1.29 is 4.79 Å². The van der Waals surface area contributed by atoms with Crippen LogP contribution in [-0.4, -0.2) is 36.4 Å². The molecule has 0 radical (unpaired) electrons. The zero-order valence-electron chi connectivity index (χ0n) is 10.4. The molecule has 0 aliphatic heterocycles. The first-order valence-corrected chi connectivity index (χ1v) is 5.50. The standard InChI is InChI=1S/C12H19N3O/c1-5-6-15(4)12(16)10-7-9(2)14-11(8-10)13-3/h7-8H,5-6H2,1-4H3,(H,13,14). The summed E-state index contributed by atoms with van der Waals surface area (Å²) in [4.78, 5) is 18.0. The second-order valence-electron chi connectivity index (χ2n) is 3.86. The van der Waals surface area contributed by atoms with Gasteiger partial charge in [-0.25, -0.2) is 4.98 Å². The molecular weight excluding hydrogens is 202 g/mol. The lowest BCUT2D eigenvalue weighted by molar-refractivity contribution is 0.0795. The number of nitrogens with zero attached hydrogens (tertiary/aromatic N) is 2. The highest BCUT2D eigenvalue weighted by molar-refractivity contribution is 5.94. The van der Waals surface area contributed by atoms with Crippen LogP contribution in [0.5, 0.6) is 0 Å². The van der Waals surface area contributed by atoms with Crippen molar-refractivity contribution in [2.75, 3.05) is 26.0 Å². The third-order valence-corrected chi connectivity index (χ3v) is 2.36. The monoisotopic (exact) mass is 221 g/mol. The van der Waals surface area contributed by atoms with Crippen LogP contribution >= 0.6 is 0 Å². The van der Waals surface area contributed by atoms with E-state index in [4.69, 9.17) is 0 Å². The van der Waals surface area contributed by atoms with Crippen molar-refractivity contribution in [3.63, 3.8) is 0 Å². The first-order chi connectivity index (χ1) is 7.58. The molecule has 1 heterocycles. The Hall–Kier alpha value is -1.58. The van der Waals surface area contributed by atoms with Gasteiger partial charge in [-0.1, -0.05) is 6.92 Å². The van der Waals surface area contributed by atoms with E-state index in [0.717, 1.165) is 24.5 Å². The van der Waals surface area contributed by atoms with Gasteiger partial charge in [0.15, 0.2) is 0 Å². The molecule has 0 saturated carbocycles. The highest BCUT2D eigenvalue weighted by Crippen LogP contribution is 2.11. The van der Waals surface area contributed by atoms with E-state index in [1.165, 1.54) is 0 Å². The number of aryl methyl sites for hydroxylation is 1. The molecule has 4 heteroatoms. The third kappa shape index (κ3) is 2.95. The summed E-state index contributed by atoms with van der Waals surface area (Å²) in [6.07, 6.45) is 0.963. The molecule has 88 valence electrons. The smallest absolute Gasteiger partial charge is 0.253 e. The summed E-state index contributed by atoms with van der Waals surface area (Å²) in [5.41, 5.74) is 1.54. The average Bonchev–Trinajstić information content (AvgIpc) is 2.27. The molecule has 0 unspecified atom stereocenters. The Morgan fingerprint density at radius 3 is 2.75 bits per heavy atom. The van der Waals surface area contributed by atoms with E-state index in [9.17, 15) is 4.79 Å². The lowest BCUT2D eigenvalue weighted by Crippen LogP contribution is -2.27. The fourth-order valence-corrected chi connectivity index (χ4v) is 1.58. The molecule has 0 fully saturated rings. The van der Waals surface area contributed by atoms with Gasteiger partial charge in [-0.2, -0.15) is 0 Å². The van der Waals surface area contributed by atoms with Gasteiger partial charge in [0.1, 0.15) is 5.82 Å². The van der Waals surface area contributed by atoms with Gasteiger partial charge in [-0.3, -0.25) is 4.79 Å². The van der Waals surface area contributed by atoms with Crippen LogP contribution in [0.1, 0.15) is 29.4 Å². The van der Waals surface area contributed by atoms with E-state index >= 15 is 0 Å². The van der Waals surface area contributed by atoms with Crippen LogP contribution in [0.3, 0.4) is 0 Å². The van der Waals surface area contributed by atoms with Gasteiger partial charge in [-0.15, -0.1) is 0 Å². The van der Waals surface area contributed by atoms with Gasteiger partial charge in [0.05, 0.1) is 0 Å². The number of anilines is 1. The summed E-state index contributed by atoms with van der Waals surface area (Å²) in [7, 11) is 3.62. The van der Waals surface area contributed by atoms with E-state index in [-0.39, 0.29) is 5.91 Å². The normalized spacial score (nSPS) is 10.0. The number of pyridine rings is 1. The molecule has 0 spiro atoms. The minimum atomic E-state index is 0.0452. The van der Waals surface area contributed by atoms with Gasteiger partial charge >= 0.3 is 0 Å². The van der Waals surface area contributed by atoms with Crippen LogP contribution in [0.2, 0.25) is 0 Å². The summed E-state index contributed by atoms with van der Waals surface area (Å²) in [6.45, 7) is 4.72. The molecule has 1 amide bonds. The Bertz CT molecular complexity index is 377. The maximum absolute atomic E-state index is 12.0. The maximum Gasteiger partial charge on any atom is 0.253 e. The first kappa shape index (κ1) is 12.5. The Morgan fingerprint density at radius 2 is 2.19 bits per heavy atom. The van der Waals surface area contributed by atoms with Crippen molar-refractivity contribution in [2.24, 2.45) is 0 Å². The van der Waals surface area contributed by atoms with E-state index in [2.05, 4.69) is 17.2 Å². The van der Waals surface area contributed by atoms with Gasteiger partial charge < -0.3 is 10.2 Å². The molecule has 0 saturated heterocycles. The van der Waals surface area contributed by atoms with E-state index in [1.54, 1.807) is 18.0 Å².